The summed E-state index contributed by atoms with van der Waals surface area (Å²) in [5.41, 5.74) is 3.02. The molecule has 20 heavy (non-hydrogen) atoms. The first-order valence-corrected chi connectivity index (χ1v) is 7.59. The molecule has 1 atom stereocenters. The van der Waals surface area contributed by atoms with E-state index in [0.717, 1.165) is 34.4 Å². The molecule has 0 saturated carbocycles. The van der Waals surface area contributed by atoms with Crippen LogP contribution in [0.3, 0.4) is 0 Å². The summed E-state index contributed by atoms with van der Waals surface area (Å²) < 4.78 is 7.22. The van der Waals surface area contributed by atoms with Gasteiger partial charge in [-0.3, -0.25) is 0 Å². The highest BCUT2D eigenvalue weighted by atomic mass is 32.1. The second-order valence-corrected chi connectivity index (χ2v) is 5.87. The molecule has 0 aromatic carbocycles. The van der Waals surface area contributed by atoms with E-state index in [1.165, 1.54) is 4.88 Å². The average Bonchev–Trinajstić information content (AvgIpc) is 2.89. The van der Waals surface area contributed by atoms with Crippen LogP contribution in [0.25, 0.3) is 10.6 Å². The van der Waals surface area contributed by atoms with Crippen LogP contribution in [0, 0.1) is 13.8 Å². The zero-order valence-electron chi connectivity index (χ0n) is 12.9. The molecular formula is C14H22N4OS. The zero-order valence-corrected chi connectivity index (χ0v) is 13.8. The van der Waals surface area contributed by atoms with Gasteiger partial charge in [-0.2, -0.15) is 5.10 Å². The van der Waals surface area contributed by atoms with Crippen LogP contribution < -0.4 is 10.1 Å². The van der Waals surface area contributed by atoms with Crippen molar-refractivity contribution in [3.63, 3.8) is 0 Å². The van der Waals surface area contributed by atoms with Crippen LogP contribution in [0.15, 0.2) is 0 Å². The Kier molecular flexibility index (Phi) is 4.45. The van der Waals surface area contributed by atoms with E-state index in [9.17, 15) is 0 Å². The topological polar surface area (TPSA) is 52.0 Å². The number of rotatable bonds is 5. The van der Waals surface area contributed by atoms with Crippen LogP contribution in [0.5, 0.6) is 5.88 Å². The lowest BCUT2D eigenvalue weighted by Gasteiger charge is -2.09. The first kappa shape index (κ1) is 15.0. The predicted molar refractivity (Wildman–Crippen MR) is 82.4 cm³/mol. The van der Waals surface area contributed by atoms with Gasteiger partial charge < -0.3 is 10.1 Å². The van der Waals surface area contributed by atoms with E-state index in [1.807, 2.05) is 14.0 Å². The Bertz CT molecular complexity index is 603. The van der Waals surface area contributed by atoms with Crippen molar-refractivity contribution in [3.05, 3.63) is 16.3 Å². The lowest BCUT2D eigenvalue weighted by atomic mass is 10.2. The number of nitrogens with zero attached hydrogens (tertiary/aromatic N) is 3. The molecule has 2 aromatic rings. The van der Waals surface area contributed by atoms with Crippen molar-refractivity contribution in [3.8, 4) is 16.5 Å². The molecule has 2 heterocycles. The maximum atomic E-state index is 5.46. The maximum absolute atomic E-state index is 5.46. The number of thiazole rings is 1. The number of methoxy groups -OCH3 is 1. The van der Waals surface area contributed by atoms with Crippen LogP contribution >= 0.6 is 11.3 Å². The molecule has 0 aliphatic heterocycles. The Morgan fingerprint density at radius 1 is 1.35 bits per heavy atom. The largest absolute Gasteiger partial charge is 0.481 e. The van der Waals surface area contributed by atoms with Crippen LogP contribution in [0.1, 0.15) is 36.2 Å². The minimum atomic E-state index is 0.314. The molecule has 0 aliphatic carbocycles. The van der Waals surface area contributed by atoms with E-state index in [4.69, 9.17) is 9.72 Å². The van der Waals surface area contributed by atoms with Gasteiger partial charge in [0.05, 0.1) is 24.1 Å². The van der Waals surface area contributed by atoms with E-state index in [1.54, 1.807) is 23.1 Å². The second-order valence-electron chi connectivity index (χ2n) is 4.84. The van der Waals surface area contributed by atoms with Gasteiger partial charge in [0.15, 0.2) is 0 Å². The summed E-state index contributed by atoms with van der Waals surface area (Å²) in [5.74, 6) is 0.763. The van der Waals surface area contributed by atoms with Gasteiger partial charge in [0, 0.05) is 18.0 Å². The van der Waals surface area contributed by atoms with Crippen molar-refractivity contribution in [2.24, 2.45) is 7.05 Å². The van der Waals surface area contributed by atoms with E-state index >= 15 is 0 Å². The highest BCUT2D eigenvalue weighted by Gasteiger charge is 2.21. The number of nitrogens with one attached hydrogen (secondary N) is 1. The van der Waals surface area contributed by atoms with Crippen LogP contribution in [0.4, 0.5) is 0 Å². The molecule has 6 heteroatoms. The SMILES string of the molecule is CCNC(C)c1sc(-c2c(C)nn(C)c2OC)nc1C. The third-order valence-corrected chi connectivity index (χ3v) is 4.67. The summed E-state index contributed by atoms with van der Waals surface area (Å²) in [6, 6.07) is 0.314. The van der Waals surface area contributed by atoms with Gasteiger partial charge in [-0.05, 0) is 27.3 Å². The first-order chi connectivity index (χ1) is 9.49. The van der Waals surface area contributed by atoms with Crippen LogP contribution in [-0.4, -0.2) is 28.4 Å². The predicted octanol–water partition coefficient (Wildman–Crippen LogP) is 2.84. The van der Waals surface area contributed by atoms with E-state index < -0.39 is 0 Å². The molecule has 1 unspecified atom stereocenters. The third-order valence-electron chi connectivity index (χ3n) is 3.31. The first-order valence-electron chi connectivity index (χ1n) is 6.78. The van der Waals surface area contributed by atoms with Crippen molar-refractivity contribution in [1.82, 2.24) is 20.1 Å². The van der Waals surface area contributed by atoms with Crippen LogP contribution in [0.2, 0.25) is 0 Å². The molecule has 0 fully saturated rings. The van der Waals surface area contributed by atoms with E-state index in [2.05, 4.69) is 31.2 Å². The van der Waals surface area contributed by atoms with Crippen molar-refractivity contribution in [2.45, 2.75) is 33.7 Å². The Hall–Kier alpha value is -1.40. The van der Waals surface area contributed by atoms with E-state index in [0.29, 0.717) is 6.04 Å². The summed E-state index contributed by atoms with van der Waals surface area (Å²) in [7, 11) is 3.56. The smallest absolute Gasteiger partial charge is 0.222 e. The molecule has 0 saturated heterocycles. The van der Waals surface area contributed by atoms with Gasteiger partial charge >= 0.3 is 0 Å². The Morgan fingerprint density at radius 2 is 2.05 bits per heavy atom. The molecule has 2 rings (SSSR count). The number of hydrogen-bond acceptors (Lipinski definition) is 5. The fraction of sp³-hybridized carbons (Fsp3) is 0.571. The molecule has 0 spiro atoms. The molecule has 1 N–H and O–H groups in total. The standard InChI is InChI=1S/C14H22N4OS/c1-7-15-9(3)12-10(4)16-13(20-12)11-8(2)17-18(5)14(11)19-6/h9,15H,7H2,1-6H3. The Balaban J connectivity index is 2.47. The monoisotopic (exact) mass is 294 g/mol. The maximum Gasteiger partial charge on any atom is 0.222 e. The van der Waals surface area contributed by atoms with Crippen molar-refractivity contribution in [2.75, 3.05) is 13.7 Å². The van der Waals surface area contributed by atoms with Crippen molar-refractivity contribution >= 4 is 11.3 Å². The Morgan fingerprint density at radius 3 is 2.65 bits per heavy atom. The van der Waals surface area contributed by atoms with E-state index in [-0.39, 0.29) is 0 Å². The number of ether oxygens (including phenoxy) is 1. The molecule has 0 aliphatic rings. The number of aromatic nitrogens is 3. The minimum absolute atomic E-state index is 0.314. The van der Waals surface area contributed by atoms with Gasteiger partial charge in [0.2, 0.25) is 5.88 Å². The lowest BCUT2D eigenvalue weighted by molar-refractivity contribution is 0.375. The van der Waals surface area contributed by atoms with Crippen LogP contribution in [-0.2, 0) is 7.05 Å². The highest BCUT2D eigenvalue weighted by Crippen LogP contribution is 2.38. The quantitative estimate of drug-likeness (QED) is 0.921. The van der Waals surface area contributed by atoms with Gasteiger partial charge in [-0.25, -0.2) is 9.67 Å². The Labute approximate surface area is 124 Å². The third kappa shape index (κ3) is 2.58. The highest BCUT2D eigenvalue weighted by molar-refractivity contribution is 7.15. The fourth-order valence-electron chi connectivity index (χ4n) is 2.43. The summed E-state index contributed by atoms with van der Waals surface area (Å²) >= 11 is 1.71. The van der Waals surface area contributed by atoms with Crippen molar-refractivity contribution < 1.29 is 4.74 Å². The van der Waals surface area contributed by atoms with Gasteiger partial charge in [0.1, 0.15) is 5.01 Å². The number of hydrogen-bond donors (Lipinski definition) is 1. The van der Waals surface area contributed by atoms with Gasteiger partial charge in [0.25, 0.3) is 0 Å². The number of aryl methyl sites for hydroxylation is 3. The average molecular weight is 294 g/mol. The molecule has 110 valence electrons. The fourth-order valence-corrected chi connectivity index (χ4v) is 3.61. The molecular weight excluding hydrogens is 272 g/mol. The summed E-state index contributed by atoms with van der Waals surface area (Å²) in [5, 5.41) is 8.83. The lowest BCUT2D eigenvalue weighted by Crippen LogP contribution is -2.17. The molecule has 5 nitrogen and oxygen atoms in total. The normalized spacial score (nSPS) is 12.7. The molecule has 0 bridgehead atoms. The summed E-state index contributed by atoms with van der Waals surface area (Å²) in [6.45, 7) is 9.27. The summed E-state index contributed by atoms with van der Waals surface area (Å²) in [6.07, 6.45) is 0. The molecule has 0 amide bonds. The second kappa shape index (κ2) is 5.93. The molecule has 0 radical (unpaired) electrons. The minimum Gasteiger partial charge on any atom is -0.481 e. The van der Waals surface area contributed by atoms with Gasteiger partial charge in [-0.1, -0.05) is 6.92 Å². The zero-order chi connectivity index (χ0) is 14.9. The molecule has 2 aromatic heterocycles. The summed E-state index contributed by atoms with van der Waals surface area (Å²) in [4.78, 5) is 5.98. The van der Waals surface area contributed by atoms with Gasteiger partial charge in [-0.15, -0.1) is 11.3 Å². The van der Waals surface area contributed by atoms with Crippen molar-refractivity contribution in [1.29, 1.82) is 0 Å².